The van der Waals surface area contributed by atoms with E-state index < -0.39 is 0 Å². The van der Waals surface area contributed by atoms with Gasteiger partial charge in [0.25, 0.3) is 0 Å². The maximum atomic E-state index is 5.70. The SMILES string of the molecule is CCNC(=NCCOCC)NCCOc1ccc2c(c1)OCO2.I. The van der Waals surface area contributed by atoms with Crippen LogP contribution >= 0.6 is 24.0 Å². The van der Waals surface area contributed by atoms with E-state index in [4.69, 9.17) is 18.9 Å². The Morgan fingerprint density at radius 3 is 2.79 bits per heavy atom. The predicted octanol–water partition coefficient (Wildman–Crippen LogP) is 2.00. The third-order valence-corrected chi connectivity index (χ3v) is 3.06. The number of benzene rings is 1. The second kappa shape index (κ2) is 12.0. The topological polar surface area (TPSA) is 73.3 Å². The molecule has 0 unspecified atom stereocenters. The number of hydrogen-bond donors (Lipinski definition) is 2. The van der Waals surface area contributed by atoms with Gasteiger partial charge in [0, 0.05) is 19.2 Å². The monoisotopic (exact) mass is 451 g/mol. The quantitative estimate of drug-likeness (QED) is 0.259. The fraction of sp³-hybridized carbons (Fsp3) is 0.562. The van der Waals surface area contributed by atoms with Crippen molar-refractivity contribution in [3.63, 3.8) is 0 Å². The van der Waals surface area contributed by atoms with Crippen molar-refractivity contribution in [2.45, 2.75) is 13.8 Å². The first-order chi connectivity index (χ1) is 11.3. The molecule has 0 fully saturated rings. The summed E-state index contributed by atoms with van der Waals surface area (Å²) in [7, 11) is 0. The van der Waals surface area contributed by atoms with Crippen LogP contribution in [0.1, 0.15) is 13.8 Å². The van der Waals surface area contributed by atoms with Gasteiger partial charge < -0.3 is 29.6 Å². The maximum Gasteiger partial charge on any atom is 0.231 e. The molecule has 2 N–H and O–H groups in total. The fourth-order valence-corrected chi connectivity index (χ4v) is 2.01. The van der Waals surface area contributed by atoms with Gasteiger partial charge in [0.2, 0.25) is 6.79 Å². The summed E-state index contributed by atoms with van der Waals surface area (Å²) in [6, 6.07) is 5.56. The molecule has 24 heavy (non-hydrogen) atoms. The highest BCUT2D eigenvalue weighted by atomic mass is 127. The molecule has 1 aliphatic heterocycles. The highest BCUT2D eigenvalue weighted by Gasteiger charge is 2.13. The van der Waals surface area contributed by atoms with Gasteiger partial charge in [-0.2, -0.15) is 0 Å². The van der Waals surface area contributed by atoms with E-state index in [9.17, 15) is 0 Å². The molecule has 7 nitrogen and oxygen atoms in total. The van der Waals surface area contributed by atoms with Crippen LogP contribution in [0.25, 0.3) is 0 Å². The Hall–Kier alpha value is -1.42. The average Bonchev–Trinajstić information content (AvgIpc) is 3.03. The zero-order valence-electron chi connectivity index (χ0n) is 14.2. The minimum atomic E-state index is 0. The summed E-state index contributed by atoms with van der Waals surface area (Å²) in [5.41, 5.74) is 0. The lowest BCUT2D eigenvalue weighted by Crippen LogP contribution is -2.39. The van der Waals surface area contributed by atoms with Crippen LogP contribution in [0, 0.1) is 0 Å². The van der Waals surface area contributed by atoms with Gasteiger partial charge in [0.1, 0.15) is 12.4 Å². The highest BCUT2D eigenvalue weighted by Crippen LogP contribution is 2.34. The van der Waals surface area contributed by atoms with E-state index >= 15 is 0 Å². The molecule has 0 aliphatic carbocycles. The van der Waals surface area contributed by atoms with E-state index in [1.54, 1.807) is 0 Å². The normalized spacial score (nSPS) is 12.5. The summed E-state index contributed by atoms with van der Waals surface area (Å²) >= 11 is 0. The summed E-state index contributed by atoms with van der Waals surface area (Å²) < 4.78 is 21.6. The molecular formula is C16H26IN3O4. The average molecular weight is 451 g/mol. The molecule has 1 aliphatic rings. The van der Waals surface area contributed by atoms with Gasteiger partial charge in [-0.05, 0) is 26.0 Å². The molecule has 0 amide bonds. The van der Waals surface area contributed by atoms with Crippen LogP contribution < -0.4 is 24.8 Å². The zero-order valence-corrected chi connectivity index (χ0v) is 16.5. The lowest BCUT2D eigenvalue weighted by atomic mass is 10.3. The standard InChI is InChI=1S/C16H25N3O4.HI/c1-3-17-16(18-7-9-20-4-2)19-8-10-21-13-5-6-14-15(11-13)23-12-22-14;/h5-6,11H,3-4,7-10,12H2,1-2H3,(H2,17,18,19);1H. The summed E-state index contributed by atoms with van der Waals surface area (Å²) in [5, 5.41) is 6.41. The van der Waals surface area contributed by atoms with Crippen LogP contribution in [-0.2, 0) is 4.74 Å². The van der Waals surface area contributed by atoms with E-state index in [2.05, 4.69) is 15.6 Å². The molecule has 2 rings (SSSR count). The Labute approximate surface area is 160 Å². The Balaban J connectivity index is 0.00000288. The van der Waals surface area contributed by atoms with Crippen LogP contribution in [0.5, 0.6) is 17.2 Å². The Bertz CT molecular complexity index is 514. The third-order valence-electron chi connectivity index (χ3n) is 3.06. The number of guanidine groups is 1. The Morgan fingerprint density at radius 1 is 1.17 bits per heavy atom. The van der Waals surface area contributed by atoms with E-state index in [-0.39, 0.29) is 30.8 Å². The highest BCUT2D eigenvalue weighted by molar-refractivity contribution is 14.0. The van der Waals surface area contributed by atoms with Gasteiger partial charge in [0.15, 0.2) is 17.5 Å². The molecule has 1 heterocycles. The lowest BCUT2D eigenvalue weighted by molar-refractivity contribution is 0.155. The lowest BCUT2D eigenvalue weighted by Gasteiger charge is -2.12. The van der Waals surface area contributed by atoms with Crippen molar-refractivity contribution in [3.8, 4) is 17.2 Å². The Morgan fingerprint density at radius 2 is 2.00 bits per heavy atom. The van der Waals surface area contributed by atoms with Crippen molar-refractivity contribution in [3.05, 3.63) is 18.2 Å². The first-order valence-corrected chi connectivity index (χ1v) is 7.95. The van der Waals surface area contributed by atoms with Crippen molar-refractivity contribution in [1.82, 2.24) is 10.6 Å². The van der Waals surface area contributed by atoms with Crippen LogP contribution in [0.2, 0.25) is 0 Å². The van der Waals surface area contributed by atoms with Crippen molar-refractivity contribution in [2.75, 3.05) is 46.2 Å². The van der Waals surface area contributed by atoms with Crippen LogP contribution in [-0.4, -0.2) is 52.2 Å². The molecule has 0 atom stereocenters. The molecule has 0 aromatic heterocycles. The van der Waals surface area contributed by atoms with Gasteiger partial charge >= 0.3 is 0 Å². The van der Waals surface area contributed by atoms with Crippen LogP contribution in [0.3, 0.4) is 0 Å². The number of fused-ring (bicyclic) bond motifs is 1. The van der Waals surface area contributed by atoms with E-state index in [0.29, 0.717) is 32.9 Å². The molecule has 0 bridgehead atoms. The van der Waals surface area contributed by atoms with Gasteiger partial charge in [-0.15, -0.1) is 24.0 Å². The molecule has 8 heteroatoms. The maximum absolute atomic E-state index is 5.70. The second-order valence-electron chi connectivity index (χ2n) is 4.75. The van der Waals surface area contributed by atoms with Gasteiger partial charge in [-0.3, -0.25) is 4.99 Å². The number of halogens is 1. The Kier molecular flexibility index (Phi) is 10.3. The van der Waals surface area contributed by atoms with Crippen LogP contribution in [0.15, 0.2) is 23.2 Å². The number of rotatable bonds is 9. The largest absolute Gasteiger partial charge is 0.492 e. The van der Waals surface area contributed by atoms with Gasteiger partial charge in [-0.25, -0.2) is 0 Å². The molecule has 0 saturated carbocycles. The van der Waals surface area contributed by atoms with Gasteiger partial charge in [-0.1, -0.05) is 0 Å². The van der Waals surface area contributed by atoms with E-state index in [1.165, 1.54) is 0 Å². The summed E-state index contributed by atoms with van der Waals surface area (Å²) in [5.74, 6) is 3.00. The number of aliphatic imine (C=N–C) groups is 1. The molecular weight excluding hydrogens is 425 g/mol. The number of nitrogens with one attached hydrogen (secondary N) is 2. The summed E-state index contributed by atoms with van der Waals surface area (Å²) in [4.78, 5) is 4.42. The predicted molar refractivity (Wildman–Crippen MR) is 104 cm³/mol. The minimum Gasteiger partial charge on any atom is -0.492 e. The van der Waals surface area contributed by atoms with Gasteiger partial charge in [0.05, 0.1) is 19.7 Å². The molecule has 0 radical (unpaired) electrons. The first-order valence-electron chi connectivity index (χ1n) is 7.95. The number of nitrogens with zero attached hydrogens (tertiary/aromatic N) is 1. The first kappa shape index (κ1) is 20.6. The third kappa shape index (κ3) is 7.00. The van der Waals surface area contributed by atoms with Crippen molar-refractivity contribution < 1.29 is 18.9 Å². The van der Waals surface area contributed by atoms with Crippen molar-refractivity contribution >= 4 is 29.9 Å². The molecule has 0 spiro atoms. The fourth-order valence-electron chi connectivity index (χ4n) is 2.01. The van der Waals surface area contributed by atoms with E-state index in [0.717, 1.165) is 29.8 Å². The zero-order chi connectivity index (χ0) is 16.3. The number of hydrogen-bond acceptors (Lipinski definition) is 5. The molecule has 1 aromatic carbocycles. The second-order valence-corrected chi connectivity index (χ2v) is 4.75. The van der Waals surface area contributed by atoms with Crippen molar-refractivity contribution in [2.24, 2.45) is 4.99 Å². The molecule has 136 valence electrons. The van der Waals surface area contributed by atoms with Crippen LogP contribution in [0.4, 0.5) is 0 Å². The minimum absolute atomic E-state index is 0. The summed E-state index contributed by atoms with van der Waals surface area (Å²) in [6.07, 6.45) is 0. The van der Waals surface area contributed by atoms with E-state index in [1.807, 2.05) is 32.0 Å². The van der Waals surface area contributed by atoms with Crippen molar-refractivity contribution in [1.29, 1.82) is 0 Å². The molecule has 1 aromatic rings. The summed E-state index contributed by atoms with van der Waals surface area (Å²) in [6.45, 7) is 8.22. The number of ether oxygens (including phenoxy) is 4. The molecule has 0 saturated heterocycles. The smallest absolute Gasteiger partial charge is 0.231 e.